The second-order valence-electron chi connectivity index (χ2n) is 9.44. The van der Waals surface area contributed by atoms with Crippen molar-refractivity contribution >= 4 is 11.8 Å². The number of nitrogens with zero attached hydrogens (tertiary/aromatic N) is 5. The van der Waals surface area contributed by atoms with Gasteiger partial charge >= 0.3 is 0 Å². The Balaban J connectivity index is 1.57. The molecule has 3 heterocycles. The van der Waals surface area contributed by atoms with Crippen molar-refractivity contribution < 1.29 is 0 Å². The average Bonchev–Trinajstić information content (AvgIpc) is 2.72. The number of aromatic nitrogens is 2. The summed E-state index contributed by atoms with van der Waals surface area (Å²) in [6.45, 7) is 13.2. The number of benzene rings is 1. The Labute approximate surface area is 181 Å². The molecule has 0 radical (unpaired) electrons. The van der Waals surface area contributed by atoms with E-state index in [1.54, 1.807) is 0 Å². The molecule has 0 bridgehead atoms. The van der Waals surface area contributed by atoms with Crippen molar-refractivity contribution in [2.45, 2.75) is 46.2 Å². The molecule has 1 aromatic carbocycles. The van der Waals surface area contributed by atoms with Crippen LogP contribution in [-0.4, -0.2) is 65.6 Å². The van der Waals surface area contributed by atoms with Crippen molar-refractivity contribution in [3.8, 4) is 11.3 Å². The lowest BCUT2D eigenvalue weighted by Gasteiger charge is -2.35. The van der Waals surface area contributed by atoms with E-state index in [1.165, 1.54) is 17.5 Å². The number of anilines is 2. The Bertz CT molecular complexity index is 872. The number of fused-ring (bicyclic) bond motifs is 1. The maximum atomic E-state index is 6.11. The summed E-state index contributed by atoms with van der Waals surface area (Å²) in [6.07, 6.45) is 2.36. The molecule has 0 amide bonds. The van der Waals surface area contributed by atoms with Gasteiger partial charge in [-0.15, -0.1) is 0 Å². The molecule has 0 spiro atoms. The fourth-order valence-corrected chi connectivity index (χ4v) is 4.74. The van der Waals surface area contributed by atoms with Crippen LogP contribution in [0.3, 0.4) is 0 Å². The van der Waals surface area contributed by atoms with E-state index in [9.17, 15) is 0 Å². The van der Waals surface area contributed by atoms with Crippen LogP contribution >= 0.6 is 0 Å². The highest BCUT2D eigenvalue weighted by atomic mass is 15.3. The predicted octanol–water partition coefficient (Wildman–Crippen LogP) is 3.27. The first-order valence-corrected chi connectivity index (χ1v) is 11.3. The molecule has 1 unspecified atom stereocenters. The Hall–Kier alpha value is -2.18. The summed E-state index contributed by atoms with van der Waals surface area (Å²) in [6, 6.07) is 9.51. The molecule has 2 aliphatic heterocycles. The third-order valence-electron chi connectivity index (χ3n) is 6.54. The van der Waals surface area contributed by atoms with Gasteiger partial charge in [0.05, 0.1) is 5.69 Å². The number of nitrogen functional groups attached to an aromatic ring is 1. The van der Waals surface area contributed by atoms with Gasteiger partial charge < -0.3 is 15.5 Å². The van der Waals surface area contributed by atoms with Gasteiger partial charge in [0.2, 0.25) is 5.95 Å². The quantitative estimate of drug-likeness (QED) is 0.819. The molecular formula is C24H36N6. The van der Waals surface area contributed by atoms with Crippen molar-refractivity contribution in [3.05, 3.63) is 35.4 Å². The Kier molecular flexibility index (Phi) is 6.25. The molecule has 0 aliphatic carbocycles. The predicted molar refractivity (Wildman–Crippen MR) is 125 cm³/mol. The minimum Gasteiger partial charge on any atom is -0.368 e. The van der Waals surface area contributed by atoms with Crippen LogP contribution in [-0.2, 0) is 13.0 Å². The van der Waals surface area contributed by atoms with Crippen molar-refractivity contribution in [1.29, 1.82) is 0 Å². The molecular weight excluding hydrogens is 372 g/mol. The molecule has 2 N–H and O–H groups in total. The number of hydrogen-bond acceptors (Lipinski definition) is 6. The van der Waals surface area contributed by atoms with E-state index >= 15 is 0 Å². The molecule has 1 saturated heterocycles. The topological polar surface area (TPSA) is 61.5 Å². The van der Waals surface area contributed by atoms with Gasteiger partial charge in [0.15, 0.2) is 0 Å². The van der Waals surface area contributed by atoms with Crippen LogP contribution in [0.1, 0.15) is 38.3 Å². The first-order valence-electron chi connectivity index (χ1n) is 11.3. The molecule has 30 heavy (non-hydrogen) atoms. The summed E-state index contributed by atoms with van der Waals surface area (Å²) < 4.78 is 0. The van der Waals surface area contributed by atoms with Crippen molar-refractivity contribution in [2.75, 3.05) is 50.4 Å². The van der Waals surface area contributed by atoms with Gasteiger partial charge in [0, 0.05) is 56.9 Å². The van der Waals surface area contributed by atoms with Crippen molar-refractivity contribution in [1.82, 2.24) is 19.8 Å². The standard InChI is InChI=1S/C24H36N6/c1-17(2)13-18(3)30-8-7-19-5-6-20(14-21(19)16-30)22-15-23(27-24(25)26-22)29-11-9-28(4)10-12-29/h5-6,14-15,17-18H,7-13,16H2,1-4H3,(H2,25,26,27). The molecule has 2 aliphatic rings. The monoisotopic (exact) mass is 408 g/mol. The molecule has 1 atom stereocenters. The smallest absolute Gasteiger partial charge is 0.222 e. The van der Waals surface area contributed by atoms with Crippen LogP contribution in [0.4, 0.5) is 11.8 Å². The third-order valence-corrected chi connectivity index (χ3v) is 6.54. The Morgan fingerprint density at radius 2 is 1.73 bits per heavy atom. The minimum absolute atomic E-state index is 0.353. The second kappa shape index (κ2) is 8.90. The first-order chi connectivity index (χ1) is 14.4. The third kappa shape index (κ3) is 4.76. The lowest BCUT2D eigenvalue weighted by atomic mass is 9.94. The molecule has 1 fully saturated rings. The van der Waals surface area contributed by atoms with E-state index in [1.807, 2.05) is 0 Å². The largest absolute Gasteiger partial charge is 0.368 e. The summed E-state index contributed by atoms with van der Waals surface area (Å²) in [5.41, 5.74) is 11.1. The summed E-state index contributed by atoms with van der Waals surface area (Å²) in [7, 11) is 2.16. The highest BCUT2D eigenvalue weighted by Crippen LogP contribution is 2.29. The lowest BCUT2D eigenvalue weighted by Crippen LogP contribution is -2.44. The van der Waals surface area contributed by atoms with Gasteiger partial charge in [0.25, 0.3) is 0 Å². The molecule has 162 valence electrons. The molecule has 6 heteroatoms. The summed E-state index contributed by atoms with van der Waals surface area (Å²) in [5.74, 6) is 2.02. The maximum absolute atomic E-state index is 6.11. The van der Waals surface area contributed by atoms with E-state index in [4.69, 9.17) is 5.73 Å². The minimum atomic E-state index is 0.353. The van der Waals surface area contributed by atoms with E-state index in [-0.39, 0.29) is 0 Å². The van der Waals surface area contributed by atoms with Crippen LogP contribution in [0.15, 0.2) is 24.3 Å². The SMILES string of the molecule is CC(C)CC(C)N1CCc2ccc(-c3cc(N4CCN(C)CC4)nc(N)n3)cc2C1. The molecule has 4 rings (SSSR count). The fraction of sp³-hybridized carbons (Fsp3) is 0.583. The first kappa shape index (κ1) is 21.1. The molecule has 6 nitrogen and oxygen atoms in total. The van der Waals surface area contributed by atoms with E-state index in [2.05, 4.69) is 76.8 Å². The van der Waals surface area contributed by atoms with E-state index in [0.717, 1.165) is 68.7 Å². The number of nitrogens with two attached hydrogens (primary N) is 1. The van der Waals surface area contributed by atoms with Gasteiger partial charge in [-0.3, -0.25) is 4.90 Å². The Morgan fingerprint density at radius 3 is 2.47 bits per heavy atom. The number of rotatable bonds is 5. The van der Waals surface area contributed by atoms with Gasteiger partial charge in [-0.1, -0.05) is 26.0 Å². The van der Waals surface area contributed by atoms with Gasteiger partial charge in [-0.2, -0.15) is 4.98 Å². The van der Waals surface area contributed by atoms with Crippen molar-refractivity contribution in [2.24, 2.45) is 5.92 Å². The summed E-state index contributed by atoms with van der Waals surface area (Å²) in [4.78, 5) is 16.4. The highest BCUT2D eigenvalue weighted by molar-refractivity contribution is 5.66. The summed E-state index contributed by atoms with van der Waals surface area (Å²) >= 11 is 0. The average molecular weight is 409 g/mol. The van der Waals surface area contributed by atoms with Crippen LogP contribution in [0.2, 0.25) is 0 Å². The van der Waals surface area contributed by atoms with E-state index < -0.39 is 0 Å². The number of likely N-dealkylation sites (N-methyl/N-ethyl adjacent to an activating group) is 1. The van der Waals surface area contributed by atoms with Gasteiger partial charge in [-0.25, -0.2) is 4.98 Å². The zero-order chi connectivity index (χ0) is 21.3. The molecule has 2 aromatic rings. The summed E-state index contributed by atoms with van der Waals surface area (Å²) in [5, 5.41) is 0. The normalized spacial score (nSPS) is 19.2. The highest BCUT2D eigenvalue weighted by Gasteiger charge is 2.22. The zero-order valence-electron chi connectivity index (χ0n) is 18.9. The van der Waals surface area contributed by atoms with Crippen LogP contribution < -0.4 is 10.6 Å². The zero-order valence-corrected chi connectivity index (χ0v) is 18.9. The second-order valence-corrected chi connectivity index (χ2v) is 9.44. The number of hydrogen-bond donors (Lipinski definition) is 1. The van der Waals surface area contributed by atoms with Gasteiger partial charge in [0.1, 0.15) is 5.82 Å². The lowest BCUT2D eigenvalue weighted by molar-refractivity contribution is 0.170. The van der Waals surface area contributed by atoms with Crippen LogP contribution in [0.5, 0.6) is 0 Å². The maximum Gasteiger partial charge on any atom is 0.222 e. The van der Waals surface area contributed by atoms with Gasteiger partial charge in [-0.05, 0) is 49.9 Å². The van der Waals surface area contributed by atoms with E-state index in [0.29, 0.717) is 12.0 Å². The van der Waals surface area contributed by atoms with Crippen LogP contribution in [0.25, 0.3) is 11.3 Å². The fourth-order valence-electron chi connectivity index (χ4n) is 4.74. The molecule has 1 aromatic heterocycles. The van der Waals surface area contributed by atoms with Crippen LogP contribution in [0, 0.1) is 5.92 Å². The number of piperazine rings is 1. The Morgan fingerprint density at radius 1 is 0.967 bits per heavy atom. The molecule has 0 saturated carbocycles. The van der Waals surface area contributed by atoms with Crippen molar-refractivity contribution in [3.63, 3.8) is 0 Å².